The predicted molar refractivity (Wildman–Crippen MR) is 170 cm³/mol. The topological polar surface area (TPSA) is 60.4 Å². The molecule has 4 nitrogen and oxygen atoms in total. The van der Waals surface area contributed by atoms with Crippen molar-refractivity contribution in [3.05, 3.63) is 0 Å². The Labute approximate surface area is 246 Å². The Morgan fingerprint density at radius 1 is 0.487 bits per heavy atom. The number of aliphatic carboxylic acids is 1. The SMILES string of the molecule is CC(O)C(=O)[O-].CCCCCCCC[N+](CCCCCCCC)(CCCCCCCC)CCCCCCCC. The lowest BCUT2D eigenvalue weighted by Gasteiger charge is -2.40. The summed E-state index contributed by atoms with van der Waals surface area (Å²) < 4.78 is 1.48. The Kier molecular flexibility index (Phi) is 33.2. The molecule has 1 atom stereocenters. The molecule has 236 valence electrons. The molecule has 0 rings (SSSR count). The van der Waals surface area contributed by atoms with Crippen LogP contribution in [0.25, 0.3) is 0 Å². The van der Waals surface area contributed by atoms with E-state index in [1.807, 2.05) is 0 Å². The highest BCUT2D eigenvalue weighted by molar-refractivity contribution is 5.68. The molecule has 1 N–H and O–H groups in total. The monoisotopic (exact) mass is 556 g/mol. The van der Waals surface area contributed by atoms with Crippen molar-refractivity contribution < 1.29 is 19.5 Å². The fourth-order valence-electron chi connectivity index (χ4n) is 5.58. The molecule has 0 fully saturated rings. The molecule has 0 aromatic carbocycles. The molecule has 0 spiro atoms. The van der Waals surface area contributed by atoms with Gasteiger partial charge in [-0.1, -0.05) is 130 Å². The molecule has 39 heavy (non-hydrogen) atoms. The molecule has 0 heterocycles. The van der Waals surface area contributed by atoms with Crippen molar-refractivity contribution in [3.63, 3.8) is 0 Å². The van der Waals surface area contributed by atoms with Crippen LogP contribution in [0.15, 0.2) is 0 Å². The first-order valence-corrected chi connectivity index (χ1v) is 17.6. The number of carbonyl (C=O) groups excluding carboxylic acids is 1. The molecule has 0 saturated carbocycles. The molecule has 0 saturated heterocycles. The van der Waals surface area contributed by atoms with Crippen LogP contribution in [0.1, 0.15) is 189 Å². The Balaban J connectivity index is 0. The Morgan fingerprint density at radius 2 is 0.667 bits per heavy atom. The highest BCUT2D eigenvalue weighted by Gasteiger charge is 2.25. The third kappa shape index (κ3) is 30.2. The quantitative estimate of drug-likeness (QED) is 0.0738. The van der Waals surface area contributed by atoms with E-state index < -0.39 is 12.1 Å². The predicted octanol–water partition coefficient (Wildman–Crippen LogP) is 9.36. The number of carboxylic acids is 1. The minimum atomic E-state index is -1.44. The number of aliphatic hydroxyl groups excluding tert-OH is 1. The number of rotatable bonds is 29. The number of quaternary nitrogens is 1. The van der Waals surface area contributed by atoms with E-state index in [2.05, 4.69) is 27.7 Å². The van der Waals surface area contributed by atoms with Crippen LogP contribution in [-0.2, 0) is 4.79 Å². The van der Waals surface area contributed by atoms with E-state index in [0.717, 1.165) is 6.92 Å². The van der Waals surface area contributed by atoms with Gasteiger partial charge in [0, 0.05) is 0 Å². The molecule has 1 unspecified atom stereocenters. The molecule has 0 aromatic rings. The van der Waals surface area contributed by atoms with Crippen LogP contribution in [0, 0.1) is 0 Å². The molecule has 0 bridgehead atoms. The average molecular weight is 556 g/mol. The Bertz CT molecular complexity index is 411. The minimum Gasteiger partial charge on any atom is -0.547 e. The smallest absolute Gasteiger partial charge is 0.0905 e. The normalized spacial score (nSPS) is 12.3. The fraction of sp³-hybridized carbons (Fsp3) is 0.971. The van der Waals surface area contributed by atoms with E-state index in [4.69, 9.17) is 5.11 Å². The van der Waals surface area contributed by atoms with Gasteiger partial charge >= 0.3 is 0 Å². The lowest BCUT2D eigenvalue weighted by molar-refractivity contribution is -0.929. The standard InChI is InChI=1S/C32H68N.C3H6O3/c1-5-9-13-17-21-25-29-33(30-26-22-18-14-10-6-2,31-27-23-19-15-11-7-3)32-28-24-20-16-12-8-4;1-2(4)3(5)6/h5-32H2,1-4H3;2,4H,1H3,(H,5,6)/q+1;/p-1. The molecule has 0 aliphatic carbocycles. The van der Waals surface area contributed by atoms with Gasteiger partial charge in [0.05, 0.1) is 38.3 Å². The van der Waals surface area contributed by atoms with Crippen LogP contribution in [0.2, 0.25) is 0 Å². The maximum atomic E-state index is 9.34. The van der Waals surface area contributed by atoms with E-state index in [1.54, 1.807) is 0 Å². The average Bonchev–Trinajstić information content (AvgIpc) is 2.92. The van der Waals surface area contributed by atoms with Crippen molar-refractivity contribution in [2.45, 2.75) is 195 Å². The van der Waals surface area contributed by atoms with Gasteiger partial charge in [0.15, 0.2) is 0 Å². The Hall–Kier alpha value is -0.610. The minimum absolute atomic E-state index is 1.13. The number of hydrogen-bond acceptors (Lipinski definition) is 3. The van der Waals surface area contributed by atoms with Gasteiger partial charge in [0.2, 0.25) is 0 Å². The van der Waals surface area contributed by atoms with E-state index in [1.165, 1.54) is 185 Å². The van der Waals surface area contributed by atoms with Crippen molar-refractivity contribution in [3.8, 4) is 0 Å². The van der Waals surface area contributed by atoms with Crippen LogP contribution < -0.4 is 5.11 Å². The number of hydrogen-bond donors (Lipinski definition) is 1. The van der Waals surface area contributed by atoms with Gasteiger partial charge in [-0.15, -0.1) is 0 Å². The summed E-state index contributed by atoms with van der Waals surface area (Å²) in [4.78, 5) is 9.34. The first-order valence-electron chi connectivity index (χ1n) is 17.6. The largest absolute Gasteiger partial charge is 0.547 e. The summed E-state index contributed by atoms with van der Waals surface area (Å²) >= 11 is 0. The number of nitrogens with zero attached hydrogens (tertiary/aromatic N) is 1. The zero-order valence-corrected chi connectivity index (χ0v) is 27.6. The van der Waals surface area contributed by atoms with E-state index >= 15 is 0 Å². The van der Waals surface area contributed by atoms with Gasteiger partial charge in [-0.3, -0.25) is 0 Å². The van der Waals surface area contributed by atoms with Crippen LogP contribution in [-0.4, -0.2) is 47.8 Å². The second-order valence-electron chi connectivity index (χ2n) is 12.3. The zero-order valence-electron chi connectivity index (χ0n) is 27.6. The molecule has 0 amide bonds. The molecule has 0 aliphatic heterocycles. The molecule has 0 aliphatic rings. The van der Waals surface area contributed by atoms with Crippen LogP contribution in [0.4, 0.5) is 0 Å². The van der Waals surface area contributed by atoms with E-state index in [9.17, 15) is 9.90 Å². The van der Waals surface area contributed by atoms with Crippen LogP contribution in [0.3, 0.4) is 0 Å². The Morgan fingerprint density at radius 3 is 0.846 bits per heavy atom. The van der Waals surface area contributed by atoms with Crippen molar-refractivity contribution >= 4 is 5.97 Å². The number of aliphatic hydroxyl groups is 1. The van der Waals surface area contributed by atoms with Crippen molar-refractivity contribution in [2.24, 2.45) is 0 Å². The number of unbranched alkanes of at least 4 members (excludes halogenated alkanes) is 20. The zero-order chi connectivity index (χ0) is 29.5. The lowest BCUT2D eigenvalue weighted by atomic mass is 10.0. The van der Waals surface area contributed by atoms with Crippen molar-refractivity contribution in [2.75, 3.05) is 26.2 Å². The second kappa shape index (κ2) is 31.9. The fourth-order valence-corrected chi connectivity index (χ4v) is 5.58. The third-order valence-corrected chi connectivity index (χ3v) is 8.29. The van der Waals surface area contributed by atoms with Gasteiger partial charge in [-0.2, -0.15) is 0 Å². The summed E-state index contributed by atoms with van der Waals surface area (Å²) in [5.74, 6) is -1.44. The molecule has 0 aromatic heterocycles. The second-order valence-corrected chi connectivity index (χ2v) is 12.3. The van der Waals surface area contributed by atoms with Gasteiger partial charge in [-0.25, -0.2) is 0 Å². The third-order valence-electron chi connectivity index (χ3n) is 8.29. The highest BCUT2D eigenvalue weighted by Crippen LogP contribution is 2.20. The summed E-state index contributed by atoms with van der Waals surface area (Å²) in [6.07, 6.45) is 33.4. The summed E-state index contributed by atoms with van der Waals surface area (Å²) in [6, 6.07) is 0. The summed E-state index contributed by atoms with van der Waals surface area (Å²) in [7, 11) is 0. The summed E-state index contributed by atoms with van der Waals surface area (Å²) in [5, 5.41) is 17.3. The van der Waals surface area contributed by atoms with Gasteiger partial charge in [-0.05, 0) is 58.3 Å². The lowest BCUT2D eigenvalue weighted by Crippen LogP contribution is -2.50. The maximum Gasteiger partial charge on any atom is 0.0905 e. The maximum absolute atomic E-state index is 9.34. The number of carboxylic acid groups (broad SMARTS) is 1. The van der Waals surface area contributed by atoms with Gasteiger partial charge in [0.1, 0.15) is 0 Å². The van der Waals surface area contributed by atoms with Gasteiger partial charge < -0.3 is 19.5 Å². The molecule has 0 radical (unpaired) electrons. The van der Waals surface area contributed by atoms with E-state index in [0.29, 0.717) is 0 Å². The van der Waals surface area contributed by atoms with Gasteiger partial charge in [0.25, 0.3) is 0 Å². The molecular weight excluding hydrogens is 482 g/mol. The number of carbonyl (C=O) groups is 1. The molecule has 4 heteroatoms. The summed E-state index contributed by atoms with van der Waals surface area (Å²) in [5.41, 5.74) is 0. The van der Waals surface area contributed by atoms with Crippen LogP contribution >= 0.6 is 0 Å². The first-order chi connectivity index (χ1) is 18.9. The van der Waals surface area contributed by atoms with Crippen molar-refractivity contribution in [1.29, 1.82) is 0 Å². The summed E-state index contributed by atoms with van der Waals surface area (Å²) in [6.45, 7) is 16.4. The first kappa shape index (κ1) is 40.5. The van der Waals surface area contributed by atoms with Crippen molar-refractivity contribution in [1.82, 2.24) is 0 Å². The molecular formula is C35H73NO3. The van der Waals surface area contributed by atoms with Crippen LogP contribution in [0.5, 0.6) is 0 Å². The van der Waals surface area contributed by atoms with E-state index in [-0.39, 0.29) is 0 Å². The highest BCUT2D eigenvalue weighted by atomic mass is 16.4.